The normalized spacial score (nSPS) is 16.9. The average Bonchev–Trinajstić information content (AvgIpc) is 2.33. The van der Waals surface area contributed by atoms with Gasteiger partial charge in [-0.15, -0.1) is 0 Å². The van der Waals surface area contributed by atoms with E-state index in [1.165, 1.54) is 0 Å². The standard InChI is InChI=1S/C13H27N3O3S.2H2/c1-3-7-16-10-12(11-16)13(17)15-6-9-20(18,19)8-5-14-4-2;;/h12,14H,3-11H2,1-2H3,(H,15,17);2*1H. The molecule has 1 aliphatic heterocycles. The van der Waals surface area contributed by atoms with Crippen LogP contribution in [0.15, 0.2) is 0 Å². The van der Waals surface area contributed by atoms with Crippen molar-refractivity contribution in [2.24, 2.45) is 5.92 Å². The lowest BCUT2D eigenvalue weighted by molar-refractivity contribution is -0.130. The van der Waals surface area contributed by atoms with Crippen molar-refractivity contribution < 1.29 is 16.1 Å². The molecule has 0 saturated carbocycles. The van der Waals surface area contributed by atoms with E-state index in [-0.39, 0.29) is 32.7 Å². The van der Waals surface area contributed by atoms with Gasteiger partial charge in [-0.3, -0.25) is 4.79 Å². The Morgan fingerprint density at radius 3 is 2.50 bits per heavy atom. The molecule has 0 aromatic carbocycles. The van der Waals surface area contributed by atoms with Gasteiger partial charge in [0.25, 0.3) is 0 Å². The second-order valence-corrected chi connectivity index (χ2v) is 7.56. The van der Waals surface area contributed by atoms with Crippen molar-refractivity contribution in [2.45, 2.75) is 20.3 Å². The maximum absolute atomic E-state index is 11.8. The third-order valence-electron chi connectivity index (χ3n) is 3.42. The fraction of sp³-hybridized carbons (Fsp3) is 0.923. The SMILES string of the molecule is CCCN1CC(C(=O)NCCS(=O)(=O)CCNCC)C1.[HH].[HH]. The second-order valence-electron chi connectivity index (χ2n) is 5.25. The van der Waals surface area contributed by atoms with Gasteiger partial charge >= 0.3 is 0 Å². The van der Waals surface area contributed by atoms with Gasteiger partial charge in [0.15, 0.2) is 9.84 Å². The van der Waals surface area contributed by atoms with Gasteiger partial charge in [0.2, 0.25) is 5.91 Å². The van der Waals surface area contributed by atoms with E-state index in [2.05, 4.69) is 22.5 Å². The fourth-order valence-electron chi connectivity index (χ4n) is 2.22. The summed E-state index contributed by atoms with van der Waals surface area (Å²) in [4.78, 5) is 14.0. The van der Waals surface area contributed by atoms with Crippen LogP contribution in [0.4, 0.5) is 0 Å². The van der Waals surface area contributed by atoms with E-state index in [1.54, 1.807) is 0 Å². The van der Waals surface area contributed by atoms with Gasteiger partial charge in [-0.05, 0) is 19.5 Å². The van der Waals surface area contributed by atoms with Crippen molar-refractivity contribution in [3.8, 4) is 0 Å². The molecule has 1 fully saturated rings. The average molecular weight is 309 g/mol. The number of carbonyl (C=O) groups is 1. The van der Waals surface area contributed by atoms with Crippen LogP contribution in [0.5, 0.6) is 0 Å². The number of likely N-dealkylation sites (tertiary alicyclic amines) is 1. The Bertz CT molecular complexity index is 401. The number of hydrogen-bond acceptors (Lipinski definition) is 5. The van der Waals surface area contributed by atoms with E-state index < -0.39 is 9.84 Å². The van der Waals surface area contributed by atoms with Crippen molar-refractivity contribution in [1.29, 1.82) is 0 Å². The summed E-state index contributed by atoms with van der Waals surface area (Å²) in [5.74, 6) is 0.171. The van der Waals surface area contributed by atoms with E-state index in [1.807, 2.05) is 6.92 Å². The Balaban J connectivity index is 0. The van der Waals surface area contributed by atoms with Crippen LogP contribution >= 0.6 is 0 Å². The van der Waals surface area contributed by atoms with E-state index in [4.69, 9.17) is 0 Å². The first-order chi connectivity index (χ1) is 9.48. The molecular weight excluding hydrogens is 278 g/mol. The van der Waals surface area contributed by atoms with Crippen LogP contribution in [0, 0.1) is 5.92 Å². The van der Waals surface area contributed by atoms with Crippen LogP contribution in [0.3, 0.4) is 0 Å². The van der Waals surface area contributed by atoms with Crippen LogP contribution in [0.25, 0.3) is 0 Å². The molecule has 122 valence electrons. The summed E-state index contributed by atoms with van der Waals surface area (Å²) in [5.41, 5.74) is 0. The van der Waals surface area contributed by atoms with Crippen LogP contribution < -0.4 is 10.6 Å². The van der Waals surface area contributed by atoms with Gasteiger partial charge in [-0.2, -0.15) is 0 Å². The monoisotopic (exact) mass is 309 g/mol. The number of nitrogens with zero attached hydrogens (tertiary/aromatic N) is 1. The van der Waals surface area contributed by atoms with Crippen molar-refractivity contribution in [3.63, 3.8) is 0 Å². The molecule has 6 nitrogen and oxygen atoms in total. The van der Waals surface area contributed by atoms with Crippen LogP contribution in [-0.2, 0) is 14.6 Å². The summed E-state index contributed by atoms with van der Waals surface area (Å²) in [6, 6.07) is 0. The molecule has 1 heterocycles. The molecular formula is C13H31N3O3S. The van der Waals surface area contributed by atoms with Crippen molar-refractivity contribution in [1.82, 2.24) is 15.5 Å². The highest BCUT2D eigenvalue weighted by Crippen LogP contribution is 2.15. The first-order valence-electron chi connectivity index (χ1n) is 7.39. The molecule has 0 atom stereocenters. The van der Waals surface area contributed by atoms with E-state index in [0.29, 0.717) is 6.54 Å². The molecule has 0 unspecified atom stereocenters. The number of carbonyl (C=O) groups excluding carboxylic acids is 1. The Labute approximate surface area is 125 Å². The lowest BCUT2D eigenvalue weighted by Gasteiger charge is -2.37. The molecule has 20 heavy (non-hydrogen) atoms. The van der Waals surface area contributed by atoms with E-state index >= 15 is 0 Å². The van der Waals surface area contributed by atoms with Gasteiger partial charge < -0.3 is 15.5 Å². The molecule has 0 radical (unpaired) electrons. The molecule has 1 saturated heterocycles. The molecule has 0 aromatic heterocycles. The van der Waals surface area contributed by atoms with Gasteiger partial charge in [0.1, 0.15) is 0 Å². The molecule has 0 spiro atoms. The van der Waals surface area contributed by atoms with Gasteiger partial charge in [-0.1, -0.05) is 13.8 Å². The minimum absolute atomic E-state index is 0. The summed E-state index contributed by atoms with van der Waals surface area (Å²) in [6.07, 6.45) is 1.10. The number of rotatable bonds is 10. The third-order valence-corrected chi connectivity index (χ3v) is 5.07. The predicted molar refractivity (Wildman–Crippen MR) is 84.7 cm³/mol. The highest BCUT2D eigenvalue weighted by atomic mass is 32.2. The summed E-state index contributed by atoms with van der Waals surface area (Å²) in [6.45, 7) is 8.14. The van der Waals surface area contributed by atoms with Crippen LogP contribution in [0.1, 0.15) is 23.1 Å². The maximum atomic E-state index is 11.8. The Morgan fingerprint density at radius 1 is 1.25 bits per heavy atom. The first kappa shape index (κ1) is 17.4. The second kappa shape index (κ2) is 8.59. The molecule has 1 aliphatic rings. The molecule has 0 aromatic rings. The lowest BCUT2D eigenvalue weighted by Crippen LogP contribution is -2.54. The molecule has 7 heteroatoms. The lowest BCUT2D eigenvalue weighted by atomic mass is 9.99. The topological polar surface area (TPSA) is 78.5 Å². The van der Waals surface area contributed by atoms with Gasteiger partial charge in [-0.25, -0.2) is 8.42 Å². The molecule has 0 bridgehead atoms. The quantitative estimate of drug-likeness (QED) is 0.554. The summed E-state index contributed by atoms with van der Waals surface area (Å²) in [7, 11) is -3.07. The third kappa shape index (κ3) is 6.19. The Morgan fingerprint density at radius 2 is 1.90 bits per heavy atom. The number of sulfone groups is 1. The summed E-state index contributed by atoms with van der Waals surface area (Å²) < 4.78 is 23.4. The molecule has 1 amide bonds. The summed E-state index contributed by atoms with van der Waals surface area (Å²) in [5, 5.41) is 5.71. The Kier molecular flexibility index (Phi) is 7.47. The van der Waals surface area contributed by atoms with E-state index in [0.717, 1.165) is 32.6 Å². The predicted octanol–water partition coefficient (Wildman–Crippen LogP) is -0.0393. The zero-order chi connectivity index (χ0) is 15.0. The maximum Gasteiger partial charge on any atom is 0.225 e. The minimum Gasteiger partial charge on any atom is -0.355 e. The summed E-state index contributed by atoms with van der Waals surface area (Å²) >= 11 is 0. The zero-order valence-electron chi connectivity index (χ0n) is 12.5. The highest BCUT2D eigenvalue weighted by molar-refractivity contribution is 7.91. The highest BCUT2D eigenvalue weighted by Gasteiger charge is 2.31. The number of amides is 1. The van der Waals surface area contributed by atoms with Gasteiger partial charge in [0, 0.05) is 29.0 Å². The van der Waals surface area contributed by atoms with Crippen molar-refractivity contribution in [2.75, 3.05) is 50.8 Å². The largest absolute Gasteiger partial charge is 0.355 e. The van der Waals surface area contributed by atoms with Crippen LogP contribution in [0.2, 0.25) is 0 Å². The first-order valence-corrected chi connectivity index (χ1v) is 9.21. The fourth-order valence-corrected chi connectivity index (χ4v) is 3.29. The minimum atomic E-state index is -3.07. The zero-order valence-corrected chi connectivity index (χ0v) is 13.3. The molecule has 1 rings (SSSR count). The number of hydrogen-bond donors (Lipinski definition) is 2. The van der Waals surface area contributed by atoms with Crippen LogP contribution in [-0.4, -0.2) is 70.0 Å². The number of nitrogens with one attached hydrogen (secondary N) is 2. The van der Waals surface area contributed by atoms with E-state index in [9.17, 15) is 13.2 Å². The molecule has 2 N–H and O–H groups in total. The van der Waals surface area contributed by atoms with Gasteiger partial charge in [0.05, 0.1) is 17.4 Å². The Hall–Kier alpha value is -0.660. The van der Waals surface area contributed by atoms with Crippen molar-refractivity contribution in [3.05, 3.63) is 0 Å². The van der Waals surface area contributed by atoms with Crippen molar-refractivity contribution >= 4 is 15.7 Å². The molecule has 0 aliphatic carbocycles. The smallest absolute Gasteiger partial charge is 0.225 e.